The molecule has 0 aliphatic heterocycles. The predicted molar refractivity (Wildman–Crippen MR) is 55.7 cm³/mol. The number of aromatic nitrogens is 3. The average Bonchev–Trinajstić information content (AvgIpc) is 2.60. The van der Waals surface area contributed by atoms with Gasteiger partial charge in [-0.1, -0.05) is 0 Å². The Hall–Kier alpha value is -1.43. The molecule has 0 aliphatic carbocycles. The zero-order chi connectivity index (χ0) is 11.5. The monoisotopic (exact) mass is 211 g/mol. The van der Waals surface area contributed by atoms with E-state index in [-0.39, 0.29) is 5.91 Å². The Bertz CT molecular complexity index is 344. The molecule has 0 unspecified atom stereocenters. The quantitative estimate of drug-likeness (QED) is 0.697. The predicted octanol–water partition coefficient (Wildman–Crippen LogP) is -0.584. The number of hydrogen-bond donors (Lipinski definition) is 2. The summed E-state index contributed by atoms with van der Waals surface area (Å²) in [6, 6.07) is 0. The highest BCUT2D eigenvalue weighted by molar-refractivity contribution is 5.81. The summed E-state index contributed by atoms with van der Waals surface area (Å²) in [6.45, 7) is 4.25. The second-order valence-corrected chi connectivity index (χ2v) is 4.11. The molecule has 6 heteroatoms. The minimum atomic E-state index is -0.547. The van der Waals surface area contributed by atoms with Gasteiger partial charge in [-0.3, -0.25) is 9.48 Å². The average molecular weight is 211 g/mol. The van der Waals surface area contributed by atoms with Gasteiger partial charge in [0, 0.05) is 13.6 Å². The number of carbonyl (C=O) groups excluding carboxylic acids is 1. The standard InChI is InChI=1S/C9H17N5O/c1-9(2,5-10)8(15)11-4-7-12-6-14(3)13-7/h6H,4-5,10H2,1-3H3,(H,11,15). The Morgan fingerprint density at radius 1 is 1.67 bits per heavy atom. The maximum absolute atomic E-state index is 11.6. The van der Waals surface area contributed by atoms with Crippen molar-refractivity contribution in [2.24, 2.45) is 18.2 Å². The Labute approximate surface area is 88.9 Å². The van der Waals surface area contributed by atoms with Crippen molar-refractivity contribution >= 4 is 5.91 Å². The third-order valence-corrected chi connectivity index (χ3v) is 2.18. The van der Waals surface area contributed by atoms with E-state index in [2.05, 4.69) is 15.4 Å². The number of nitrogens with zero attached hydrogens (tertiary/aromatic N) is 3. The van der Waals surface area contributed by atoms with Gasteiger partial charge >= 0.3 is 0 Å². The van der Waals surface area contributed by atoms with Crippen LogP contribution >= 0.6 is 0 Å². The lowest BCUT2D eigenvalue weighted by molar-refractivity contribution is -0.129. The molecule has 15 heavy (non-hydrogen) atoms. The van der Waals surface area contributed by atoms with Crippen LogP contribution in [0.5, 0.6) is 0 Å². The number of aryl methyl sites for hydroxylation is 1. The fraction of sp³-hybridized carbons (Fsp3) is 0.667. The fourth-order valence-electron chi connectivity index (χ4n) is 0.956. The largest absolute Gasteiger partial charge is 0.348 e. The Balaban J connectivity index is 2.47. The van der Waals surface area contributed by atoms with Crippen molar-refractivity contribution in [2.75, 3.05) is 6.54 Å². The van der Waals surface area contributed by atoms with Gasteiger partial charge in [0.15, 0.2) is 5.82 Å². The van der Waals surface area contributed by atoms with Crippen LogP contribution in [-0.4, -0.2) is 27.2 Å². The van der Waals surface area contributed by atoms with E-state index in [0.29, 0.717) is 18.9 Å². The zero-order valence-electron chi connectivity index (χ0n) is 9.32. The van der Waals surface area contributed by atoms with Crippen LogP contribution in [-0.2, 0) is 18.4 Å². The summed E-state index contributed by atoms with van der Waals surface area (Å²) in [5.74, 6) is 0.510. The minimum absolute atomic E-state index is 0.0857. The van der Waals surface area contributed by atoms with Crippen LogP contribution in [0.15, 0.2) is 6.33 Å². The van der Waals surface area contributed by atoms with Gasteiger partial charge in [0.05, 0.1) is 12.0 Å². The number of amides is 1. The molecule has 3 N–H and O–H groups in total. The second-order valence-electron chi connectivity index (χ2n) is 4.11. The number of rotatable bonds is 4. The normalized spacial score (nSPS) is 11.5. The molecule has 0 saturated heterocycles. The van der Waals surface area contributed by atoms with Crippen molar-refractivity contribution in [3.8, 4) is 0 Å². The van der Waals surface area contributed by atoms with E-state index in [0.717, 1.165) is 0 Å². The smallest absolute Gasteiger partial charge is 0.227 e. The van der Waals surface area contributed by atoms with E-state index >= 15 is 0 Å². The van der Waals surface area contributed by atoms with E-state index in [1.165, 1.54) is 0 Å². The molecule has 1 aromatic heterocycles. The van der Waals surface area contributed by atoms with Crippen LogP contribution in [0.3, 0.4) is 0 Å². The van der Waals surface area contributed by atoms with Gasteiger partial charge in [-0.2, -0.15) is 5.10 Å². The topological polar surface area (TPSA) is 85.8 Å². The van der Waals surface area contributed by atoms with Crippen LogP contribution < -0.4 is 11.1 Å². The molecule has 1 amide bonds. The lowest BCUT2D eigenvalue weighted by Crippen LogP contribution is -2.41. The van der Waals surface area contributed by atoms with E-state index in [1.807, 2.05) is 0 Å². The number of carbonyl (C=O) groups is 1. The first kappa shape index (κ1) is 11.6. The van der Waals surface area contributed by atoms with E-state index in [4.69, 9.17) is 5.73 Å². The van der Waals surface area contributed by atoms with Gasteiger partial charge < -0.3 is 11.1 Å². The van der Waals surface area contributed by atoms with Crippen LogP contribution in [0.4, 0.5) is 0 Å². The second kappa shape index (κ2) is 4.39. The molecule has 1 rings (SSSR count). The molecule has 0 spiro atoms. The summed E-state index contributed by atoms with van der Waals surface area (Å²) in [5.41, 5.74) is 4.94. The molecule has 0 aliphatic rings. The van der Waals surface area contributed by atoms with Crippen LogP contribution in [0.25, 0.3) is 0 Å². The molecule has 6 nitrogen and oxygen atoms in total. The van der Waals surface area contributed by atoms with Crippen LogP contribution in [0.1, 0.15) is 19.7 Å². The van der Waals surface area contributed by atoms with Crippen molar-refractivity contribution < 1.29 is 4.79 Å². The summed E-state index contributed by atoms with van der Waals surface area (Å²) >= 11 is 0. The van der Waals surface area contributed by atoms with Crippen molar-refractivity contribution in [3.05, 3.63) is 12.2 Å². The van der Waals surface area contributed by atoms with Gasteiger partial charge in [0.1, 0.15) is 6.33 Å². The molecule has 0 radical (unpaired) electrons. The highest BCUT2D eigenvalue weighted by atomic mass is 16.2. The van der Waals surface area contributed by atoms with Crippen molar-refractivity contribution in [2.45, 2.75) is 20.4 Å². The number of nitrogens with two attached hydrogens (primary N) is 1. The molecule has 1 aromatic rings. The summed E-state index contributed by atoms with van der Waals surface area (Å²) < 4.78 is 1.59. The molecular formula is C9H17N5O. The fourth-order valence-corrected chi connectivity index (χ4v) is 0.956. The first-order valence-corrected chi connectivity index (χ1v) is 4.78. The van der Waals surface area contributed by atoms with Crippen molar-refractivity contribution in [3.63, 3.8) is 0 Å². The zero-order valence-corrected chi connectivity index (χ0v) is 9.32. The number of nitrogens with one attached hydrogen (secondary N) is 1. The third-order valence-electron chi connectivity index (χ3n) is 2.18. The van der Waals surface area contributed by atoms with Crippen LogP contribution in [0.2, 0.25) is 0 Å². The Kier molecular flexibility index (Phi) is 3.41. The van der Waals surface area contributed by atoms with E-state index in [1.54, 1.807) is 31.9 Å². The van der Waals surface area contributed by atoms with E-state index in [9.17, 15) is 4.79 Å². The lowest BCUT2D eigenvalue weighted by Gasteiger charge is -2.20. The summed E-state index contributed by atoms with van der Waals surface area (Å²) in [6.07, 6.45) is 1.59. The van der Waals surface area contributed by atoms with Gasteiger partial charge in [0.2, 0.25) is 5.91 Å². The van der Waals surface area contributed by atoms with Gasteiger partial charge in [-0.15, -0.1) is 0 Å². The minimum Gasteiger partial charge on any atom is -0.348 e. The van der Waals surface area contributed by atoms with Gasteiger partial charge in [0.25, 0.3) is 0 Å². The third kappa shape index (κ3) is 3.02. The van der Waals surface area contributed by atoms with Crippen molar-refractivity contribution in [1.82, 2.24) is 20.1 Å². The molecule has 84 valence electrons. The van der Waals surface area contributed by atoms with Gasteiger partial charge in [-0.25, -0.2) is 4.98 Å². The summed E-state index contributed by atoms with van der Waals surface area (Å²) in [7, 11) is 1.78. The molecular weight excluding hydrogens is 194 g/mol. The summed E-state index contributed by atoms with van der Waals surface area (Å²) in [4.78, 5) is 15.6. The molecule has 0 fully saturated rings. The highest BCUT2D eigenvalue weighted by Gasteiger charge is 2.25. The first-order chi connectivity index (χ1) is 6.95. The number of hydrogen-bond acceptors (Lipinski definition) is 4. The molecule has 0 bridgehead atoms. The highest BCUT2D eigenvalue weighted by Crippen LogP contribution is 2.12. The molecule has 0 saturated carbocycles. The molecule has 0 aromatic carbocycles. The molecule has 0 atom stereocenters. The van der Waals surface area contributed by atoms with Crippen LogP contribution in [0, 0.1) is 5.41 Å². The maximum Gasteiger partial charge on any atom is 0.227 e. The first-order valence-electron chi connectivity index (χ1n) is 4.78. The summed E-state index contributed by atoms with van der Waals surface area (Å²) in [5, 5.41) is 6.80. The molecule has 1 heterocycles. The van der Waals surface area contributed by atoms with Gasteiger partial charge in [-0.05, 0) is 13.8 Å². The van der Waals surface area contributed by atoms with E-state index < -0.39 is 5.41 Å². The lowest BCUT2D eigenvalue weighted by atomic mass is 9.93. The Morgan fingerprint density at radius 2 is 2.33 bits per heavy atom. The Morgan fingerprint density at radius 3 is 2.80 bits per heavy atom. The maximum atomic E-state index is 11.6. The van der Waals surface area contributed by atoms with Crippen molar-refractivity contribution in [1.29, 1.82) is 0 Å². The SMILES string of the molecule is Cn1cnc(CNC(=O)C(C)(C)CN)n1.